The van der Waals surface area contributed by atoms with Gasteiger partial charge in [-0.25, -0.2) is 0 Å². The zero-order chi connectivity index (χ0) is 19.6. The molecule has 4 atom stereocenters. The van der Waals surface area contributed by atoms with Crippen LogP contribution in [0.2, 0.25) is 0 Å². The number of aliphatic hydroxyl groups is 2. The van der Waals surface area contributed by atoms with E-state index in [1.54, 1.807) is 13.0 Å². The Morgan fingerprint density at radius 3 is 2.54 bits per heavy atom. The zero-order valence-electron chi connectivity index (χ0n) is 16.3. The van der Waals surface area contributed by atoms with Crippen LogP contribution in [0.15, 0.2) is 12.2 Å². The molecule has 0 saturated heterocycles. The van der Waals surface area contributed by atoms with Gasteiger partial charge in [0.25, 0.3) is 0 Å². The summed E-state index contributed by atoms with van der Waals surface area (Å²) in [6.07, 6.45) is 11.1. The van der Waals surface area contributed by atoms with Crippen molar-refractivity contribution in [2.75, 3.05) is 0 Å². The summed E-state index contributed by atoms with van der Waals surface area (Å²) in [7, 11) is 0. The van der Waals surface area contributed by atoms with Crippen LogP contribution in [-0.2, 0) is 9.59 Å². The van der Waals surface area contributed by atoms with Gasteiger partial charge in [0.15, 0.2) is 0 Å². The maximum atomic E-state index is 12.2. The highest BCUT2D eigenvalue weighted by Crippen LogP contribution is 2.35. The van der Waals surface area contributed by atoms with Crippen molar-refractivity contribution < 1.29 is 24.9 Å². The largest absolute Gasteiger partial charge is 0.481 e. The lowest BCUT2D eigenvalue weighted by atomic mass is 9.87. The number of hydrogen-bond acceptors (Lipinski definition) is 4. The number of rotatable bonds is 13. The third-order valence-corrected chi connectivity index (χ3v) is 5.35. The Kier molecular flexibility index (Phi) is 10.1. The van der Waals surface area contributed by atoms with E-state index in [4.69, 9.17) is 5.11 Å². The van der Waals surface area contributed by atoms with Gasteiger partial charge in [-0.15, -0.1) is 0 Å². The molecule has 0 aromatic heterocycles. The van der Waals surface area contributed by atoms with Crippen molar-refractivity contribution in [1.82, 2.24) is 0 Å². The molecule has 1 aliphatic carbocycles. The van der Waals surface area contributed by atoms with Crippen LogP contribution in [0.3, 0.4) is 0 Å². The quantitative estimate of drug-likeness (QED) is 0.339. The summed E-state index contributed by atoms with van der Waals surface area (Å²) in [6, 6.07) is 0. The molecule has 0 aromatic carbocycles. The van der Waals surface area contributed by atoms with Gasteiger partial charge >= 0.3 is 5.97 Å². The summed E-state index contributed by atoms with van der Waals surface area (Å²) in [4.78, 5) is 22.7. The minimum absolute atomic E-state index is 0.100. The average Bonchev–Trinajstić information content (AvgIpc) is 2.82. The highest BCUT2D eigenvalue weighted by Gasteiger charge is 2.39. The summed E-state index contributed by atoms with van der Waals surface area (Å²) >= 11 is 0. The first kappa shape index (κ1) is 22.8. The fraction of sp³-hybridized carbons (Fsp3) is 0.810. The molecule has 0 bridgehead atoms. The van der Waals surface area contributed by atoms with Crippen LogP contribution in [-0.4, -0.2) is 38.8 Å². The summed E-state index contributed by atoms with van der Waals surface area (Å²) in [5.41, 5.74) is -0.901. The highest BCUT2D eigenvalue weighted by atomic mass is 16.4. The van der Waals surface area contributed by atoms with Crippen LogP contribution in [0.1, 0.15) is 84.5 Å². The number of Topliss-reactive ketones (excluding diaryl/α,β-unsaturated/α-hetero) is 1. The second-order valence-electron chi connectivity index (χ2n) is 7.94. The van der Waals surface area contributed by atoms with E-state index in [-0.39, 0.29) is 30.5 Å². The van der Waals surface area contributed by atoms with Crippen LogP contribution in [0, 0.1) is 11.8 Å². The van der Waals surface area contributed by atoms with Gasteiger partial charge in [-0.05, 0) is 26.2 Å². The molecule has 0 amide bonds. The second-order valence-corrected chi connectivity index (χ2v) is 7.94. The highest BCUT2D eigenvalue weighted by molar-refractivity contribution is 5.84. The van der Waals surface area contributed by atoms with Crippen molar-refractivity contribution in [1.29, 1.82) is 0 Å². The van der Waals surface area contributed by atoms with Gasteiger partial charge in [-0.3, -0.25) is 9.59 Å². The number of unbranched alkanes of at least 4 members (excludes halogenated alkanes) is 5. The van der Waals surface area contributed by atoms with Crippen LogP contribution < -0.4 is 0 Å². The Morgan fingerprint density at radius 1 is 1.19 bits per heavy atom. The fourth-order valence-electron chi connectivity index (χ4n) is 3.72. The predicted octanol–water partition coefficient (Wildman–Crippen LogP) is 3.87. The molecule has 150 valence electrons. The molecule has 5 heteroatoms. The van der Waals surface area contributed by atoms with Crippen LogP contribution in [0.25, 0.3) is 0 Å². The third kappa shape index (κ3) is 8.45. The SMILES string of the molecule is CCCCC[C@](C)(O)/C=C/C1[C@H](O)CC(=O)[C@@H]1CCCCCCC(=O)O. The lowest BCUT2D eigenvalue weighted by molar-refractivity contribution is -0.137. The Labute approximate surface area is 157 Å². The van der Waals surface area contributed by atoms with E-state index < -0.39 is 17.7 Å². The number of aliphatic carboxylic acids is 1. The normalized spacial score (nSPS) is 25.7. The molecule has 1 saturated carbocycles. The molecular formula is C21H36O5. The van der Waals surface area contributed by atoms with Gasteiger partial charge < -0.3 is 15.3 Å². The summed E-state index contributed by atoms with van der Waals surface area (Å²) in [5, 5.41) is 29.3. The maximum Gasteiger partial charge on any atom is 0.303 e. The molecule has 0 aromatic rings. The average molecular weight is 369 g/mol. The molecule has 0 radical (unpaired) electrons. The zero-order valence-corrected chi connectivity index (χ0v) is 16.3. The maximum absolute atomic E-state index is 12.2. The predicted molar refractivity (Wildman–Crippen MR) is 102 cm³/mol. The van der Waals surface area contributed by atoms with Gasteiger partial charge in [-0.1, -0.05) is 57.6 Å². The number of carboxylic acids is 1. The van der Waals surface area contributed by atoms with Crippen LogP contribution in [0.4, 0.5) is 0 Å². The first-order valence-electron chi connectivity index (χ1n) is 10.1. The molecule has 0 spiro atoms. The summed E-state index contributed by atoms with van der Waals surface area (Å²) < 4.78 is 0. The van der Waals surface area contributed by atoms with Crippen LogP contribution >= 0.6 is 0 Å². The minimum Gasteiger partial charge on any atom is -0.481 e. The molecule has 0 heterocycles. The minimum atomic E-state index is -0.901. The van der Waals surface area contributed by atoms with Gasteiger partial charge in [0.1, 0.15) is 5.78 Å². The standard InChI is InChI=1S/C21H36O5/c1-3-4-9-13-21(2,26)14-12-17-16(18(22)15-19(17)23)10-7-5-6-8-11-20(24)25/h12,14,16-17,19,23,26H,3-11,13,15H2,1-2H3,(H,24,25)/b14-12+/t16-,17?,19-,21+/m1/s1. The first-order chi connectivity index (χ1) is 12.3. The summed E-state index contributed by atoms with van der Waals surface area (Å²) in [5.74, 6) is -1.08. The Balaban J connectivity index is 2.49. The number of aliphatic hydroxyl groups excluding tert-OH is 1. The van der Waals surface area contributed by atoms with E-state index in [2.05, 4.69) is 6.92 Å². The first-order valence-corrected chi connectivity index (χ1v) is 10.1. The number of carbonyl (C=O) groups excluding carboxylic acids is 1. The van der Waals surface area contributed by atoms with Gasteiger partial charge in [0, 0.05) is 24.7 Å². The Hall–Kier alpha value is -1.20. The Morgan fingerprint density at radius 2 is 1.88 bits per heavy atom. The number of carboxylic acid groups (broad SMARTS) is 1. The number of hydrogen-bond donors (Lipinski definition) is 3. The number of carbonyl (C=O) groups is 2. The molecule has 1 unspecified atom stereocenters. The topological polar surface area (TPSA) is 94.8 Å². The smallest absolute Gasteiger partial charge is 0.303 e. The monoisotopic (exact) mass is 368 g/mol. The molecule has 0 aliphatic heterocycles. The lowest BCUT2D eigenvalue weighted by Crippen LogP contribution is -2.23. The molecule has 26 heavy (non-hydrogen) atoms. The van der Waals surface area contributed by atoms with E-state index in [0.717, 1.165) is 44.9 Å². The second kappa shape index (κ2) is 11.5. The van der Waals surface area contributed by atoms with E-state index in [0.29, 0.717) is 12.8 Å². The van der Waals surface area contributed by atoms with E-state index in [1.165, 1.54) is 0 Å². The molecule has 5 nitrogen and oxygen atoms in total. The van der Waals surface area contributed by atoms with E-state index >= 15 is 0 Å². The van der Waals surface area contributed by atoms with E-state index in [9.17, 15) is 19.8 Å². The molecule has 1 fully saturated rings. The lowest BCUT2D eigenvalue weighted by Gasteiger charge is -2.22. The third-order valence-electron chi connectivity index (χ3n) is 5.35. The van der Waals surface area contributed by atoms with Crippen molar-refractivity contribution in [2.24, 2.45) is 11.8 Å². The van der Waals surface area contributed by atoms with Crippen LogP contribution in [0.5, 0.6) is 0 Å². The molecular weight excluding hydrogens is 332 g/mol. The summed E-state index contributed by atoms with van der Waals surface area (Å²) in [6.45, 7) is 3.90. The van der Waals surface area contributed by atoms with Crippen molar-refractivity contribution >= 4 is 11.8 Å². The molecule has 1 rings (SSSR count). The van der Waals surface area contributed by atoms with Crippen molar-refractivity contribution in [3.63, 3.8) is 0 Å². The van der Waals surface area contributed by atoms with Gasteiger partial charge in [0.05, 0.1) is 11.7 Å². The van der Waals surface area contributed by atoms with Crippen molar-refractivity contribution in [2.45, 2.75) is 96.2 Å². The molecule has 3 N–H and O–H groups in total. The van der Waals surface area contributed by atoms with Crippen molar-refractivity contribution in [3.05, 3.63) is 12.2 Å². The molecule has 1 aliphatic rings. The van der Waals surface area contributed by atoms with Gasteiger partial charge in [-0.2, -0.15) is 0 Å². The number of ketones is 1. The Bertz CT molecular complexity index is 469. The fourth-order valence-corrected chi connectivity index (χ4v) is 3.72. The van der Waals surface area contributed by atoms with E-state index in [1.807, 2.05) is 6.08 Å². The van der Waals surface area contributed by atoms with Gasteiger partial charge in [0.2, 0.25) is 0 Å². The van der Waals surface area contributed by atoms with Crippen molar-refractivity contribution in [3.8, 4) is 0 Å².